The molecular weight excluding hydrogens is 284 g/mol. The van der Waals surface area contributed by atoms with Crippen molar-refractivity contribution in [3.63, 3.8) is 0 Å². The van der Waals surface area contributed by atoms with Gasteiger partial charge in [0.2, 0.25) is 0 Å². The molecule has 0 saturated carbocycles. The number of benzene rings is 1. The highest BCUT2D eigenvalue weighted by Gasteiger charge is 2.24. The molecule has 0 radical (unpaired) electrons. The molecule has 100 valence electrons. The molecule has 0 aliphatic carbocycles. The first kappa shape index (κ1) is 14.0. The van der Waals surface area contributed by atoms with Crippen LogP contribution >= 0.6 is 23.1 Å². The summed E-state index contributed by atoms with van der Waals surface area (Å²) in [7, 11) is 0. The van der Waals surface area contributed by atoms with Gasteiger partial charge in [0, 0.05) is 11.4 Å². The average molecular weight is 297 g/mol. The summed E-state index contributed by atoms with van der Waals surface area (Å²) >= 11 is 7.07. The second-order valence-corrected chi connectivity index (χ2v) is 5.35. The van der Waals surface area contributed by atoms with Crippen molar-refractivity contribution in [2.45, 2.75) is 25.7 Å². The Bertz CT molecular complexity index is 586. The van der Waals surface area contributed by atoms with Crippen LogP contribution < -0.4 is 0 Å². The molecule has 1 unspecified atom stereocenters. The average Bonchev–Trinajstić information content (AvgIpc) is 2.84. The topological polar surface area (TPSA) is 63.1 Å². The Balaban J connectivity index is 2.23. The fourth-order valence-corrected chi connectivity index (χ4v) is 2.77. The van der Waals surface area contributed by atoms with Crippen molar-refractivity contribution < 1.29 is 9.90 Å². The number of aromatic nitrogens is 2. The van der Waals surface area contributed by atoms with Gasteiger partial charge in [0.25, 0.3) is 0 Å². The van der Waals surface area contributed by atoms with Crippen molar-refractivity contribution >= 4 is 29.1 Å². The van der Waals surface area contributed by atoms with Crippen LogP contribution in [0.2, 0.25) is 5.02 Å². The van der Waals surface area contributed by atoms with Gasteiger partial charge in [-0.1, -0.05) is 30.7 Å². The van der Waals surface area contributed by atoms with E-state index in [1.54, 1.807) is 12.1 Å². The van der Waals surface area contributed by atoms with Crippen molar-refractivity contribution in [1.29, 1.82) is 0 Å². The number of carboxylic acids is 1. The fourth-order valence-electron chi connectivity index (χ4n) is 1.73. The summed E-state index contributed by atoms with van der Waals surface area (Å²) in [6.45, 7) is 1.94. The summed E-state index contributed by atoms with van der Waals surface area (Å²) < 4.78 is 4.14. The van der Waals surface area contributed by atoms with Crippen LogP contribution in [0.15, 0.2) is 24.3 Å². The molecule has 0 aliphatic rings. The van der Waals surface area contributed by atoms with Crippen molar-refractivity contribution in [3.05, 3.63) is 45.7 Å². The molecule has 2 aromatic rings. The largest absolute Gasteiger partial charge is 0.481 e. The minimum atomic E-state index is -0.890. The van der Waals surface area contributed by atoms with Gasteiger partial charge in [-0.25, -0.2) is 4.98 Å². The first-order valence-corrected chi connectivity index (χ1v) is 7.05. The van der Waals surface area contributed by atoms with E-state index in [9.17, 15) is 9.90 Å². The third-order valence-electron chi connectivity index (χ3n) is 2.73. The highest BCUT2D eigenvalue weighted by atomic mass is 35.5. The lowest BCUT2D eigenvalue weighted by Crippen LogP contribution is -2.14. The van der Waals surface area contributed by atoms with Crippen LogP contribution in [-0.4, -0.2) is 20.4 Å². The number of nitrogens with zero attached hydrogens (tertiary/aromatic N) is 2. The number of carbonyl (C=O) groups is 1. The SMILES string of the molecule is CCc1nsc(C(Cc2cccc(Cl)c2)C(=O)O)n1. The molecule has 1 aromatic heterocycles. The van der Waals surface area contributed by atoms with Crippen LogP contribution in [0.3, 0.4) is 0 Å². The van der Waals surface area contributed by atoms with Crippen LogP contribution in [0, 0.1) is 0 Å². The lowest BCUT2D eigenvalue weighted by molar-refractivity contribution is -0.138. The highest BCUT2D eigenvalue weighted by molar-refractivity contribution is 7.05. The highest BCUT2D eigenvalue weighted by Crippen LogP contribution is 2.24. The Labute approximate surface area is 120 Å². The fraction of sp³-hybridized carbons (Fsp3) is 0.308. The third-order valence-corrected chi connectivity index (χ3v) is 3.83. The zero-order chi connectivity index (χ0) is 13.8. The number of aryl methyl sites for hydroxylation is 1. The molecule has 0 fully saturated rings. The zero-order valence-corrected chi connectivity index (χ0v) is 11.9. The smallest absolute Gasteiger partial charge is 0.313 e. The lowest BCUT2D eigenvalue weighted by Gasteiger charge is -2.09. The van der Waals surface area contributed by atoms with E-state index in [1.807, 2.05) is 19.1 Å². The van der Waals surface area contributed by atoms with Crippen LogP contribution in [0.1, 0.15) is 29.2 Å². The van der Waals surface area contributed by atoms with Gasteiger partial charge < -0.3 is 5.11 Å². The third kappa shape index (κ3) is 3.52. The molecule has 1 heterocycles. The van der Waals surface area contributed by atoms with Crippen LogP contribution in [0.5, 0.6) is 0 Å². The van der Waals surface area contributed by atoms with E-state index in [2.05, 4.69) is 9.36 Å². The first-order valence-electron chi connectivity index (χ1n) is 5.90. The Morgan fingerprint density at radius 2 is 2.32 bits per heavy atom. The minimum absolute atomic E-state index is 0.369. The minimum Gasteiger partial charge on any atom is -0.481 e. The molecule has 1 N–H and O–H groups in total. The van der Waals surface area contributed by atoms with Gasteiger partial charge in [-0.3, -0.25) is 4.79 Å². The first-order chi connectivity index (χ1) is 9.10. The zero-order valence-electron chi connectivity index (χ0n) is 10.3. The van der Waals surface area contributed by atoms with E-state index in [1.165, 1.54) is 0 Å². The predicted octanol–water partition coefficient (Wildman–Crippen LogP) is 3.16. The summed E-state index contributed by atoms with van der Waals surface area (Å²) in [5.74, 6) is -0.868. The molecule has 0 bridgehead atoms. The summed E-state index contributed by atoms with van der Waals surface area (Å²) in [5.41, 5.74) is 0.883. The van der Waals surface area contributed by atoms with Crippen molar-refractivity contribution in [1.82, 2.24) is 9.36 Å². The second-order valence-electron chi connectivity index (χ2n) is 4.13. The van der Waals surface area contributed by atoms with Gasteiger partial charge in [-0.2, -0.15) is 4.37 Å². The number of hydrogen-bond donors (Lipinski definition) is 1. The second kappa shape index (κ2) is 6.12. The van der Waals surface area contributed by atoms with Crippen LogP contribution in [0.25, 0.3) is 0 Å². The summed E-state index contributed by atoms with van der Waals surface area (Å²) in [6.07, 6.45) is 1.08. The summed E-state index contributed by atoms with van der Waals surface area (Å²) in [4.78, 5) is 15.7. The van der Waals surface area contributed by atoms with Crippen molar-refractivity contribution in [3.8, 4) is 0 Å². The Morgan fingerprint density at radius 3 is 2.89 bits per heavy atom. The molecule has 1 atom stereocenters. The maximum atomic E-state index is 11.4. The number of carboxylic acid groups (broad SMARTS) is 1. The van der Waals surface area contributed by atoms with Gasteiger partial charge in [0.05, 0.1) is 0 Å². The van der Waals surface area contributed by atoms with E-state index in [4.69, 9.17) is 11.6 Å². The molecule has 0 amide bonds. The number of halogens is 1. The van der Waals surface area contributed by atoms with E-state index < -0.39 is 11.9 Å². The van der Waals surface area contributed by atoms with E-state index in [-0.39, 0.29) is 0 Å². The standard InChI is InChI=1S/C13H13ClN2O2S/c1-2-11-15-12(19-16-11)10(13(17)18)7-8-4-3-5-9(14)6-8/h3-6,10H,2,7H2,1H3,(H,17,18). The number of aliphatic carboxylic acids is 1. The molecule has 2 rings (SSSR count). The van der Waals surface area contributed by atoms with E-state index in [0.717, 1.165) is 17.1 Å². The normalized spacial score (nSPS) is 12.3. The summed E-state index contributed by atoms with van der Waals surface area (Å²) in [5, 5.41) is 10.5. The molecule has 1 aromatic carbocycles. The van der Waals surface area contributed by atoms with Gasteiger partial charge in [0.15, 0.2) is 0 Å². The van der Waals surface area contributed by atoms with E-state index in [0.29, 0.717) is 28.7 Å². The van der Waals surface area contributed by atoms with Crippen molar-refractivity contribution in [2.24, 2.45) is 0 Å². The van der Waals surface area contributed by atoms with Gasteiger partial charge in [0.1, 0.15) is 16.7 Å². The molecule has 0 saturated heterocycles. The quantitative estimate of drug-likeness (QED) is 0.920. The Morgan fingerprint density at radius 1 is 1.53 bits per heavy atom. The Hall–Kier alpha value is -1.46. The van der Waals surface area contributed by atoms with Gasteiger partial charge in [-0.05, 0) is 35.6 Å². The monoisotopic (exact) mass is 296 g/mol. The maximum Gasteiger partial charge on any atom is 0.313 e. The molecule has 0 spiro atoms. The van der Waals surface area contributed by atoms with Crippen LogP contribution in [-0.2, 0) is 17.6 Å². The predicted molar refractivity (Wildman–Crippen MR) is 74.8 cm³/mol. The van der Waals surface area contributed by atoms with Gasteiger partial charge >= 0.3 is 5.97 Å². The molecule has 6 heteroatoms. The summed E-state index contributed by atoms with van der Waals surface area (Å²) in [6, 6.07) is 7.22. The maximum absolute atomic E-state index is 11.4. The molecule has 4 nitrogen and oxygen atoms in total. The number of hydrogen-bond acceptors (Lipinski definition) is 4. The van der Waals surface area contributed by atoms with Crippen LogP contribution in [0.4, 0.5) is 0 Å². The van der Waals surface area contributed by atoms with Crippen molar-refractivity contribution in [2.75, 3.05) is 0 Å². The van der Waals surface area contributed by atoms with Gasteiger partial charge in [-0.15, -0.1) is 0 Å². The number of rotatable bonds is 5. The molecule has 0 aliphatic heterocycles. The Kier molecular flexibility index (Phi) is 4.50. The molecule has 19 heavy (non-hydrogen) atoms. The van der Waals surface area contributed by atoms with E-state index >= 15 is 0 Å². The molecular formula is C13H13ClN2O2S. The lowest BCUT2D eigenvalue weighted by atomic mass is 10.00.